The van der Waals surface area contributed by atoms with Gasteiger partial charge in [0, 0.05) is 13.0 Å². The second-order valence-corrected chi connectivity index (χ2v) is 5.75. The first-order chi connectivity index (χ1) is 12.5. The summed E-state index contributed by atoms with van der Waals surface area (Å²) in [6.07, 6.45) is -0.0793. The first-order valence-corrected chi connectivity index (χ1v) is 7.97. The maximum absolute atomic E-state index is 12.0. The number of nitrogens with zero attached hydrogens (tertiary/aromatic N) is 3. The Morgan fingerprint density at radius 1 is 1.19 bits per heavy atom. The Morgan fingerprint density at radius 3 is 2.62 bits per heavy atom. The Kier molecular flexibility index (Phi) is 4.87. The van der Waals surface area contributed by atoms with Crippen LogP contribution in [0.25, 0.3) is 0 Å². The number of esters is 1. The maximum Gasteiger partial charge on any atom is 0.442 e. The number of rotatable bonds is 3. The summed E-state index contributed by atoms with van der Waals surface area (Å²) in [5.41, 5.74) is 1.79. The van der Waals surface area contributed by atoms with Crippen LogP contribution in [0.4, 0.5) is 4.79 Å². The summed E-state index contributed by atoms with van der Waals surface area (Å²) in [6.45, 7) is 2.01. The van der Waals surface area contributed by atoms with Crippen LogP contribution in [0.1, 0.15) is 30.0 Å². The van der Waals surface area contributed by atoms with Crippen molar-refractivity contribution in [2.24, 2.45) is 0 Å². The molecule has 1 aromatic heterocycles. The molecule has 136 valence electrons. The van der Waals surface area contributed by atoms with Gasteiger partial charge in [-0.05, 0) is 12.5 Å². The van der Waals surface area contributed by atoms with Crippen molar-refractivity contribution in [3.05, 3.63) is 53.6 Å². The summed E-state index contributed by atoms with van der Waals surface area (Å²) < 4.78 is 6.19. The van der Waals surface area contributed by atoms with E-state index >= 15 is 0 Å². The van der Waals surface area contributed by atoms with E-state index in [0.717, 1.165) is 10.3 Å². The van der Waals surface area contributed by atoms with Gasteiger partial charge >= 0.3 is 18.0 Å². The largest absolute Gasteiger partial charge is 0.465 e. The highest BCUT2D eigenvalue weighted by molar-refractivity contribution is 6.29. The number of hydrogen-bond acceptors (Lipinski definition) is 6. The summed E-state index contributed by atoms with van der Waals surface area (Å²) >= 11 is 0. The van der Waals surface area contributed by atoms with Gasteiger partial charge in [-0.1, -0.05) is 30.3 Å². The SMILES string of the molecule is CC(OC(=O)C(=O)On1cnc2c1CCN(C(=O)O)C2)c1ccccc1. The molecule has 26 heavy (non-hydrogen) atoms. The van der Waals surface area contributed by atoms with Crippen LogP contribution in [-0.4, -0.2) is 44.3 Å². The molecule has 1 unspecified atom stereocenters. The van der Waals surface area contributed by atoms with Gasteiger partial charge in [-0.25, -0.2) is 19.4 Å². The molecule has 1 atom stereocenters. The number of imidazole rings is 1. The summed E-state index contributed by atoms with van der Waals surface area (Å²) in [4.78, 5) is 45.2. The Hall–Kier alpha value is -3.36. The molecule has 0 saturated carbocycles. The maximum atomic E-state index is 12.0. The van der Waals surface area contributed by atoms with Crippen LogP contribution in [0.15, 0.2) is 36.7 Å². The normalized spacial score (nSPS) is 14.3. The number of carboxylic acid groups (broad SMARTS) is 1. The molecule has 3 rings (SSSR count). The van der Waals surface area contributed by atoms with Crippen molar-refractivity contribution in [2.75, 3.05) is 6.54 Å². The Labute approximate surface area is 148 Å². The lowest BCUT2D eigenvalue weighted by Crippen LogP contribution is -2.37. The van der Waals surface area contributed by atoms with Gasteiger partial charge in [0.05, 0.1) is 17.9 Å². The number of fused-ring (bicyclic) bond motifs is 1. The van der Waals surface area contributed by atoms with Crippen molar-refractivity contribution in [3.8, 4) is 0 Å². The lowest BCUT2D eigenvalue weighted by molar-refractivity contribution is -0.171. The van der Waals surface area contributed by atoms with Gasteiger partial charge in [-0.2, -0.15) is 4.73 Å². The van der Waals surface area contributed by atoms with E-state index in [2.05, 4.69) is 4.98 Å². The van der Waals surface area contributed by atoms with Crippen LogP contribution in [0, 0.1) is 0 Å². The Bertz CT molecular complexity index is 832. The molecule has 0 fully saturated rings. The quantitative estimate of drug-likeness (QED) is 0.647. The fourth-order valence-electron chi connectivity index (χ4n) is 2.65. The number of ether oxygens (including phenoxy) is 1. The molecule has 1 amide bonds. The zero-order valence-corrected chi connectivity index (χ0v) is 14.0. The van der Waals surface area contributed by atoms with E-state index in [1.807, 2.05) is 6.07 Å². The van der Waals surface area contributed by atoms with E-state index in [0.29, 0.717) is 17.8 Å². The molecule has 0 aliphatic carbocycles. The minimum absolute atomic E-state index is 0.102. The Morgan fingerprint density at radius 2 is 1.92 bits per heavy atom. The Balaban J connectivity index is 1.62. The second-order valence-electron chi connectivity index (χ2n) is 5.75. The molecule has 0 spiro atoms. The average Bonchev–Trinajstić information content (AvgIpc) is 3.04. The molecule has 9 heteroatoms. The second kappa shape index (κ2) is 7.26. The predicted octanol–water partition coefficient (Wildman–Crippen LogP) is 1.18. The molecular weight excluding hydrogens is 342 g/mol. The fourth-order valence-corrected chi connectivity index (χ4v) is 2.65. The van der Waals surface area contributed by atoms with Gasteiger partial charge in [0.15, 0.2) is 0 Å². The van der Waals surface area contributed by atoms with Gasteiger partial charge in [0.1, 0.15) is 12.4 Å². The van der Waals surface area contributed by atoms with E-state index < -0.39 is 24.1 Å². The number of benzene rings is 1. The van der Waals surface area contributed by atoms with Crippen molar-refractivity contribution in [1.29, 1.82) is 0 Å². The molecule has 0 radical (unpaired) electrons. The summed E-state index contributed by atoms with van der Waals surface area (Å²) in [5, 5.41) is 9.01. The number of amides is 1. The lowest BCUT2D eigenvalue weighted by atomic mass is 10.1. The molecule has 1 aliphatic rings. The minimum atomic E-state index is -1.17. The minimum Gasteiger partial charge on any atom is -0.465 e. The molecule has 1 aliphatic heterocycles. The van der Waals surface area contributed by atoms with E-state index in [1.165, 1.54) is 11.2 Å². The third-order valence-electron chi connectivity index (χ3n) is 4.05. The summed E-state index contributed by atoms with van der Waals surface area (Å²) in [7, 11) is 0. The smallest absolute Gasteiger partial charge is 0.442 e. The van der Waals surface area contributed by atoms with Gasteiger partial charge in [-0.3, -0.25) is 0 Å². The third kappa shape index (κ3) is 3.66. The molecule has 2 aromatic rings. The number of carbonyl (C=O) groups excluding carboxylic acids is 2. The molecule has 1 aromatic carbocycles. The lowest BCUT2D eigenvalue weighted by Gasteiger charge is -2.23. The first kappa shape index (κ1) is 17.5. The van der Waals surface area contributed by atoms with Gasteiger partial charge in [0.25, 0.3) is 0 Å². The number of carbonyl (C=O) groups is 3. The first-order valence-electron chi connectivity index (χ1n) is 7.97. The third-order valence-corrected chi connectivity index (χ3v) is 4.05. The summed E-state index contributed by atoms with van der Waals surface area (Å²) in [5.74, 6) is -2.29. The van der Waals surface area contributed by atoms with E-state index in [4.69, 9.17) is 14.7 Å². The zero-order valence-electron chi connectivity index (χ0n) is 14.0. The van der Waals surface area contributed by atoms with E-state index in [1.54, 1.807) is 31.2 Å². The van der Waals surface area contributed by atoms with Crippen molar-refractivity contribution in [2.45, 2.75) is 26.0 Å². The molecule has 2 heterocycles. The van der Waals surface area contributed by atoms with Crippen LogP contribution in [0.2, 0.25) is 0 Å². The topological polar surface area (TPSA) is 111 Å². The summed E-state index contributed by atoms with van der Waals surface area (Å²) in [6, 6.07) is 9.00. The van der Waals surface area contributed by atoms with E-state index in [-0.39, 0.29) is 13.1 Å². The average molecular weight is 359 g/mol. The monoisotopic (exact) mass is 359 g/mol. The highest BCUT2D eigenvalue weighted by Gasteiger charge is 2.27. The van der Waals surface area contributed by atoms with Crippen molar-refractivity contribution < 1.29 is 29.1 Å². The van der Waals surface area contributed by atoms with Gasteiger partial charge in [0.2, 0.25) is 0 Å². The predicted molar refractivity (Wildman–Crippen MR) is 86.9 cm³/mol. The van der Waals surface area contributed by atoms with E-state index in [9.17, 15) is 14.4 Å². The van der Waals surface area contributed by atoms with Crippen molar-refractivity contribution in [1.82, 2.24) is 14.6 Å². The zero-order chi connectivity index (χ0) is 18.7. The van der Waals surface area contributed by atoms with Crippen LogP contribution >= 0.6 is 0 Å². The highest BCUT2D eigenvalue weighted by atomic mass is 16.7. The van der Waals surface area contributed by atoms with Crippen molar-refractivity contribution in [3.63, 3.8) is 0 Å². The van der Waals surface area contributed by atoms with Gasteiger partial charge in [-0.15, -0.1) is 0 Å². The standard InChI is InChI=1S/C17H17N3O6/c1-11(12-5-3-2-4-6-12)25-15(21)16(22)26-20-10-18-13-9-19(17(23)24)8-7-14(13)20/h2-6,10-11H,7-9H2,1H3,(H,23,24). The molecule has 1 N–H and O–H groups in total. The molecule has 0 saturated heterocycles. The van der Waals surface area contributed by atoms with Crippen LogP contribution in [0.3, 0.4) is 0 Å². The van der Waals surface area contributed by atoms with Crippen LogP contribution in [-0.2, 0) is 27.3 Å². The number of aromatic nitrogens is 2. The molecule has 9 nitrogen and oxygen atoms in total. The highest BCUT2D eigenvalue weighted by Crippen LogP contribution is 2.18. The van der Waals surface area contributed by atoms with Crippen LogP contribution < -0.4 is 4.84 Å². The molecule has 0 bridgehead atoms. The van der Waals surface area contributed by atoms with Gasteiger partial charge < -0.3 is 19.6 Å². The fraction of sp³-hybridized carbons (Fsp3) is 0.294. The van der Waals surface area contributed by atoms with Crippen molar-refractivity contribution >= 4 is 18.0 Å². The van der Waals surface area contributed by atoms with Crippen LogP contribution in [0.5, 0.6) is 0 Å². The number of hydrogen-bond donors (Lipinski definition) is 1. The molecular formula is C17H17N3O6.